The first-order chi connectivity index (χ1) is 16.0. The number of carbonyl (C=O) groups is 1. The molecule has 0 aromatic heterocycles. The Balaban J connectivity index is 2.11. The lowest BCUT2D eigenvalue weighted by Gasteiger charge is -2.18. The van der Waals surface area contributed by atoms with Crippen LogP contribution in [-0.4, -0.2) is 24.9 Å². The first-order valence-electron chi connectivity index (χ1n) is 10.4. The average Bonchev–Trinajstić information content (AvgIpc) is 2.88. The van der Waals surface area contributed by atoms with Gasteiger partial charge >= 0.3 is 0 Å². The van der Waals surface area contributed by atoms with E-state index in [0.29, 0.717) is 33.7 Å². The highest BCUT2D eigenvalue weighted by atomic mass is 16.6. The van der Waals surface area contributed by atoms with E-state index >= 15 is 0 Å². The van der Waals surface area contributed by atoms with Gasteiger partial charge in [-0.15, -0.1) is 0 Å². The van der Waals surface area contributed by atoms with E-state index in [4.69, 9.17) is 4.74 Å². The van der Waals surface area contributed by atoms with Crippen LogP contribution in [0.4, 0.5) is 11.4 Å². The summed E-state index contributed by atoms with van der Waals surface area (Å²) in [6.07, 6.45) is 0. The van der Waals surface area contributed by atoms with Crippen LogP contribution >= 0.6 is 0 Å². The third-order valence-electron chi connectivity index (χ3n) is 5.48. The van der Waals surface area contributed by atoms with E-state index in [2.05, 4.69) is 5.32 Å². The van der Waals surface area contributed by atoms with Gasteiger partial charge in [-0.1, -0.05) is 72.8 Å². The van der Waals surface area contributed by atoms with Crippen molar-refractivity contribution in [1.82, 2.24) is 0 Å². The molecule has 6 nitrogen and oxygen atoms in total. The second-order valence-electron chi connectivity index (χ2n) is 7.37. The summed E-state index contributed by atoms with van der Waals surface area (Å²) < 4.78 is 5.25. The lowest BCUT2D eigenvalue weighted by molar-refractivity contribution is -0.383. The fraction of sp³-hybridized carbons (Fsp3) is 0.0741. The van der Waals surface area contributed by atoms with Crippen LogP contribution in [0.25, 0.3) is 22.3 Å². The number of carbonyl (C=O) groups excluding carboxylic acids is 1. The van der Waals surface area contributed by atoms with Crippen molar-refractivity contribution in [2.75, 3.05) is 19.5 Å². The number of ketones is 1. The summed E-state index contributed by atoms with van der Waals surface area (Å²) >= 11 is 0. The van der Waals surface area contributed by atoms with E-state index in [1.165, 1.54) is 0 Å². The summed E-state index contributed by atoms with van der Waals surface area (Å²) in [4.78, 5) is 25.7. The Labute approximate surface area is 191 Å². The quantitative estimate of drug-likeness (QED) is 0.211. The lowest BCUT2D eigenvalue weighted by Crippen LogP contribution is -2.11. The molecule has 0 atom stereocenters. The molecule has 0 aliphatic heterocycles. The number of anilines is 1. The third-order valence-corrected chi connectivity index (χ3v) is 5.48. The number of ether oxygens (including phenoxy) is 1. The molecule has 0 bridgehead atoms. The first kappa shape index (κ1) is 21.8. The van der Waals surface area contributed by atoms with Crippen molar-refractivity contribution in [3.8, 4) is 28.0 Å². The molecular weight excluding hydrogens is 416 g/mol. The predicted octanol–water partition coefficient (Wildman–Crippen LogP) is 6.21. The summed E-state index contributed by atoms with van der Waals surface area (Å²) in [7, 11) is 3.26. The second-order valence-corrected chi connectivity index (χ2v) is 7.37. The van der Waals surface area contributed by atoms with Crippen LogP contribution in [-0.2, 0) is 0 Å². The minimum Gasteiger partial charge on any atom is -0.497 e. The molecule has 164 valence electrons. The average molecular weight is 438 g/mol. The van der Waals surface area contributed by atoms with Crippen LogP contribution in [0.5, 0.6) is 5.75 Å². The molecule has 1 N–H and O–H groups in total. The molecule has 33 heavy (non-hydrogen) atoms. The van der Waals surface area contributed by atoms with Gasteiger partial charge < -0.3 is 10.1 Å². The molecule has 0 heterocycles. The summed E-state index contributed by atoms with van der Waals surface area (Å²) in [6.45, 7) is 0. The molecule has 0 radical (unpaired) electrons. The number of hydrogen-bond donors (Lipinski definition) is 1. The van der Waals surface area contributed by atoms with Gasteiger partial charge in [-0.2, -0.15) is 0 Å². The number of nitrogens with zero attached hydrogens (tertiary/aromatic N) is 1. The van der Waals surface area contributed by atoms with Gasteiger partial charge in [0.2, 0.25) is 0 Å². The molecule has 6 heteroatoms. The Morgan fingerprint density at radius 1 is 0.879 bits per heavy atom. The Kier molecular flexibility index (Phi) is 6.17. The Bertz CT molecular complexity index is 1300. The Hall–Kier alpha value is -4.45. The van der Waals surface area contributed by atoms with Crippen molar-refractivity contribution >= 4 is 17.2 Å². The number of nitrogens with one attached hydrogen (secondary N) is 1. The van der Waals surface area contributed by atoms with E-state index in [9.17, 15) is 14.9 Å². The highest BCUT2D eigenvalue weighted by Crippen LogP contribution is 2.45. The largest absolute Gasteiger partial charge is 0.497 e. The molecule has 0 unspecified atom stereocenters. The maximum Gasteiger partial charge on any atom is 0.285 e. The first-order valence-corrected chi connectivity index (χ1v) is 10.4. The van der Waals surface area contributed by atoms with E-state index in [1.54, 1.807) is 68.8 Å². The van der Waals surface area contributed by atoms with Gasteiger partial charge in [-0.3, -0.25) is 14.9 Å². The van der Waals surface area contributed by atoms with Crippen molar-refractivity contribution in [2.45, 2.75) is 0 Å². The van der Waals surface area contributed by atoms with Gasteiger partial charge in [0.25, 0.3) is 5.69 Å². The lowest BCUT2D eigenvalue weighted by atomic mass is 9.87. The molecule has 0 spiro atoms. The smallest absolute Gasteiger partial charge is 0.285 e. The zero-order valence-corrected chi connectivity index (χ0v) is 18.2. The van der Waals surface area contributed by atoms with Crippen molar-refractivity contribution in [3.63, 3.8) is 0 Å². The number of nitro benzene ring substituents is 1. The Morgan fingerprint density at radius 3 is 2.03 bits per heavy atom. The molecule has 0 saturated heterocycles. The van der Waals surface area contributed by atoms with Gasteiger partial charge in [-0.25, -0.2) is 0 Å². The van der Waals surface area contributed by atoms with Crippen molar-refractivity contribution in [1.29, 1.82) is 0 Å². The predicted molar refractivity (Wildman–Crippen MR) is 130 cm³/mol. The Morgan fingerprint density at radius 2 is 1.48 bits per heavy atom. The minimum atomic E-state index is -0.414. The fourth-order valence-electron chi connectivity index (χ4n) is 3.91. The third kappa shape index (κ3) is 4.19. The zero-order valence-electron chi connectivity index (χ0n) is 18.2. The molecule has 0 amide bonds. The minimum absolute atomic E-state index is 0.121. The van der Waals surface area contributed by atoms with Gasteiger partial charge in [0.05, 0.1) is 28.7 Å². The summed E-state index contributed by atoms with van der Waals surface area (Å²) in [5.74, 6) is 0.318. The number of nitro groups is 1. The molecule has 0 aliphatic rings. The SMILES string of the molecule is CNc1cc(-c2ccccc2)c([N+](=O)[O-])c(-c2ccc(OC)cc2)c1C(=O)c1ccccc1. The molecule has 4 aromatic rings. The molecule has 0 fully saturated rings. The number of rotatable bonds is 7. The molecular formula is C27H22N2O4. The topological polar surface area (TPSA) is 81.5 Å². The number of benzene rings is 4. The van der Waals surface area contributed by atoms with E-state index in [-0.39, 0.29) is 22.6 Å². The second kappa shape index (κ2) is 9.36. The van der Waals surface area contributed by atoms with E-state index in [0.717, 1.165) is 0 Å². The summed E-state index contributed by atoms with van der Waals surface area (Å²) in [5.41, 5.74) is 3.03. The normalized spacial score (nSPS) is 10.5. The van der Waals surface area contributed by atoms with Crippen LogP contribution in [0.3, 0.4) is 0 Å². The summed E-state index contributed by atoms with van der Waals surface area (Å²) in [5, 5.41) is 15.6. The molecule has 4 aromatic carbocycles. The van der Waals surface area contributed by atoms with Gasteiger partial charge in [0, 0.05) is 18.3 Å². The maximum atomic E-state index is 13.7. The van der Waals surface area contributed by atoms with Crippen LogP contribution in [0.15, 0.2) is 91.0 Å². The van der Waals surface area contributed by atoms with Gasteiger partial charge in [0.15, 0.2) is 5.78 Å². The van der Waals surface area contributed by atoms with Crippen LogP contribution < -0.4 is 10.1 Å². The molecule has 0 saturated carbocycles. The highest BCUT2D eigenvalue weighted by molar-refractivity contribution is 6.18. The monoisotopic (exact) mass is 438 g/mol. The van der Waals surface area contributed by atoms with E-state index in [1.807, 2.05) is 36.4 Å². The van der Waals surface area contributed by atoms with Crippen LogP contribution in [0.1, 0.15) is 15.9 Å². The van der Waals surface area contributed by atoms with Crippen molar-refractivity contribution in [3.05, 3.63) is 112 Å². The molecule has 4 rings (SSSR count). The van der Waals surface area contributed by atoms with Crippen LogP contribution in [0.2, 0.25) is 0 Å². The van der Waals surface area contributed by atoms with Crippen LogP contribution in [0, 0.1) is 10.1 Å². The van der Waals surface area contributed by atoms with Crippen molar-refractivity contribution < 1.29 is 14.5 Å². The summed E-state index contributed by atoms with van der Waals surface area (Å²) in [6, 6.07) is 26.5. The fourth-order valence-corrected chi connectivity index (χ4v) is 3.91. The number of methoxy groups -OCH3 is 1. The van der Waals surface area contributed by atoms with E-state index < -0.39 is 4.92 Å². The van der Waals surface area contributed by atoms with Gasteiger partial charge in [-0.05, 0) is 29.3 Å². The zero-order chi connectivity index (χ0) is 23.4. The highest BCUT2D eigenvalue weighted by Gasteiger charge is 2.31. The standard InChI is InChI=1S/C27H22N2O4/c1-28-23-17-22(18-9-5-3-6-10-18)26(29(31)32)24(19-13-15-21(33-2)16-14-19)25(23)27(30)20-11-7-4-8-12-20/h3-17,28H,1-2H3. The number of hydrogen-bond acceptors (Lipinski definition) is 5. The molecule has 0 aliphatic carbocycles. The van der Waals surface area contributed by atoms with Gasteiger partial charge in [0.1, 0.15) is 5.75 Å². The van der Waals surface area contributed by atoms with Crippen molar-refractivity contribution in [2.24, 2.45) is 0 Å². The maximum absolute atomic E-state index is 13.7.